The van der Waals surface area contributed by atoms with E-state index in [0.717, 1.165) is 0 Å². The lowest BCUT2D eigenvalue weighted by molar-refractivity contribution is -0.157. The SMILES string of the molecule is N#C[C@]1(COC(=O)[C@H]2CCC(=O)N2)O[C@@H](c2ccc3c(N)ncnn23)[C@H](O)[C@@H]1O. The largest absolute Gasteiger partial charge is 0.460 e. The molecule has 0 bridgehead atoms. The lowest BCUT2D eigenvalue weighted by Crippen LogP contribution is -2.47. The molecule has 2 aliphatic heterocycles. The van der Waals surface area contributed by atoms with E-state index < -0.39 is 42.5 Å². The Morgan fingerprint density at radius 3 is 3.00 bits per heavy atom. The van der Waals surface area contributed by atoms with Crippen LogP contribution in [0.15, 0.2) is 18.5 Å². The summed E-state index contributed by atoms with van der Waals surface area (Å²) in [4.78, 5) is 27.3. The molecule has 0 unspecified atom stereocenters. The van der Waals surface area contributed by atoms with Gasteiger partial charge in [0.15, 0.2) is 5.82 Å². The fraction of sp³-hybridized carbons (Fsp3) is 0.471. The zero-order valence-corrected chi connectivity index (χ0v) is 15.1. The number of nitriles is 1. The molecule has 2 aromatic rings. The Morgan fingerprint density at radius 1 is 1.52 bits per heavy atom. The fourth-order valence-corrected chi connectivity index (χ4v) is 3.55. The predicted molar refractivity (Wildman–Crippen MR) is 93.7 cm³/mol. The fourth-order valence-electron chi connectivity index (χ4n) is 3.55. The Balaban J connectivity index is 1.55. The quantitative estimate of drug-likeness (QED) is 0.425. The van der Waals surface area contributed by atoms with Crippen LogP contribution in [0.5, 0.6) is 0 Å². The number of anilines is 1. The Bertz CT molecular complexity index is 1020. The average Bonchev–Trinajstić information content (AvgIpc) is 3.40. The number of nitrogens with two attached hydrogens (primary N) is 1. The van der Waals surface area contributed by atoms with Gasteiger partial charge in [0.05, 0.1) is 5.69 Å². The molecule has 4 rings (SSSR count). The van der Waals surface area contributed by atoms with Crippen molar-refractivity contribution in [3.05, 3.63) is 24.2 Å². The second-order valence-electron chi connectivity index (χ2n) is 6.94. The van der Waals surface area contributed by atoms with Crippen molar-refractivity contribution in [2.45, 2.75) is 42.8 Å². The summed E-state index contributed by atoms with van der Waals surface area (Å²) < 4.78 is 12.2. The zero-order valence-electron chi connectivity index (χ0n) is 15.1. The number of aliphatic hydroxyl groups is 2. The summed E-state index contributed by atoms with van der Waals surface area (Å²) in [5.74, 6) is -0.804. The van der Waals surface area contributed by atoms with Crippen LogP contribution in [-0.4, -0.2) is 67.1 Å². The molecule has 2 fully saturated rings. The molecule has 0 aliphatic carbocycles. The van der Waals surface area contributed by atoms with Crippen molar-refractivity contribution in [3.8, 4) is 6.07 Å². The van der Waals surface area contributed by atoms with E-state index in [-0.39, 0.29) is 24.6 Å². The summed E-state index contributed by atoms with van der Waals surface area (Å²) in [6, 6.07) is 4.18. The summed E-state index contributed by atoms with van der Waals surface area (Å²) in [6.07, 6.45) is -2.58. The second-order valence-corrected chi connectivity index (χ2v) is 6.94. The van der Waals surface area contributed by atoms with Gasteiger partial charge in [-0.3, -0.25) is 4.79 Å². The van der Waals surface area contributed by atoms with E-state index in [1.807, 2.05) is 0 Å². The molecule has 12 heteroatoms. The lowest BCUT2D eigenvalue weighted by Gasteiger charge is -2.24. The first-order valence-corrected chi connectivity index (χ1v) is 8.85. The molecule has 0 spiro atoms. The van der Waals surface area contributed by atoms with Gasteiger partial charge in [-0.1, -0.05) is 0 Å². The highest BCUT2D eigenvalue weighted by Crippen LogP contribution is 2.40. The van der Waals surface area contributed by atoms with Crippen LogP contribution in [0.1, 0.15) is 24.6 Å². The van der Waals surface area contributed by atoms with Crippen molar-refractivity contribution in [1.29, 1.82) is 5.26 Å². The molecule has 4 heterocycles. The van der Waals surface area contributed by atoms with E-state index in [2.05, 4.69) is 15.4 Å². The predicted octanol–water partition coefficient (Wildman–Crippen LogP) is -1.81. The highest BCUT2D eigenvalue weighted by atomic mass is 16.6. The molecule has 29 heavy (non-hydrogen) atoms. The van der Waals surface area contributed by atoms with Crippen LogP contribution >= 0.6 is 0 Å². The molecule has 2 saturated heterocycles. The van der Waals surface area contributed by atoms with Gasteiger partial charge in [0.1, 0.15) is 48.9 Å². The van der Waals surface area contributed by atoms with E-state index in [1.165, 1.54) is 10.8 Å². The van der Waals surface area contributed by atoms with Gasteiger partial charge >= 0.3 is 5.97 Å². The normalized spacial score (nSPS) is 31.6. The van der Waals surface area contributed by atoms with Crippen molar-refractivity contribution in [2.24, 2.45) is 0 Å². The van der Waals surface area contributed by atoms with Crippen molar-refractivity contribution >= 4 is 23.2 Å². The maximum atomic E-state index is 12.1. The number of fused-ring (bicyclic) bond motifs is 1. The number of amides is 1. The first kappa shape index (κ1) is 19.1. The number of carbonyl (C=O) groups is 2. The van der Waals surface area contributed by atoms with E-state index in [0.29, 0.717) is 11.2 Å². The molecule has 1 amide bonds. The third-order valence-electron chi connectivity index (χ3n) is 5.15. The van der Waals surface area contributed by atoms with E-state index in [1.54, 1.807) is 18.2 Å². The molecule has 152 valence electrons. The zero-order chi connectivity index (χ0) is 20.8. The van der Waals surface area contributed by atoms with Crippen LogP contribution < -0.4 is 11.1 Å². The summed E-state index contributed by atoms with van der Waals surface area (Å²) >= 11 is 0. The maximum Gasteiger partial charge on any atom is 0.328 e. The van der Waals surface area contributed by atoms with Crippen LogP contribution in [0.2, 0.25) is 0 Å². The topological polar surface area (TPSA) is 185 Å². The van der Waals surface area contributed by atoms with E-state index in [9.17, 15) is 25.1 Å². The number of carbonyl (C=O) groups excluding carboxylic acids is 2. The van der Waals surface area contributed by atoms with Crippen LogP contribution in [0.4, 0.5) is 5.82 Å². The van der Waals surface area contributed by atoms with E-state index in [4.69, 9.17) is 15.2 Å². The van der Waals surface area contributed by atoms with Crippen molar-refractivity contribution in [3.63, 3.8) is 0 Å². The molecular formula is C17H18N6O6. The number of aromatic nitrogens is 3. The molecule has 2 aromatic heterocycles. The minimum absolute atomic E-state index is 0.204. The number of ether oxygens (including phenoxy) is 2. The standard InChI is InChI=1S/C17H18N6O6/c18-5-17(6-28-16(27)8-1-4-11(24)22-8)14(26)12(25)13(29-17)9-2-3-10-15(19)20-7-21-23(9)10/h2-3,7-8,12-14,25-26H,1,4,6H2,(H,22,24)(H2,19,20,21)/t8-,12+,13+,14+,17-/m1/s1. The minimum Gasteiger partial charge on any atom is -0.460 e. The summed E-state index contributed by atoms with van der Waals surface area (Å²) in [7, 11) is 0. The first-order valence-electron chi connectivity index (χ1n) is 8.85. The Hall–Kier alpha value is -3.27. The third kappa shape index (κ3) is 3.05. The average molecular weight is 402 g/mol. The number of nitrogens with one attached hydrogen (secondary N) is 1. The Kier molecular flexibility index (Phi) is 4.58. The summed E-state index contributed by atoms with van der Waals surface area (Å²) in [6.45, 7) is -0.621. The number of esters is 1. The summed E-state index contributed by atoms with van der Waals surface area (Å²) in [5, 5.41) is 37.2. The Labute approximate surface area is 163 Å². The van der Waals surface area contributed by atoms with Crippen molar-refractivity contribution in [1.82, 2.24) is 19.9 Å². The van der Waals surface area contributed by atoms with Crippen LogP contribution in [0.3, 0.4) is 0 Å². The molecule has 0 aromatic carbocycles. The van der Waals surface area contributed by atoms with Gasteiger partial charge in [-0.2, -0.15) is 10.4 Å². The van der Waals surface area contributed by atoms with Crippen molar-refractivity contribution < 1.29 is 29.3 Å². The smallest absolute Gasteiger partial charge is 0.328 e. The van der Waals surface area contributed by atoms with Crippen molar-refractivity contribution in [2.75, 3.05) is 12.3 Å². The number of hydrogen-bond donors (Lipinski definition) is 4. The number of nitrogens with zero attached hydrogens (tertiary/aromatic N) is 4. The first-order chi connectivity index (χ1) is 13.9. The highest BCUT2D eigenvalue weighted by Gasteiger charge is 2.57. The summed E-state index contributed by atoms with van der Waals surface area (Å²) in [5.41, 5.74) is 4.60. The van der Waals surface area contributed by atoms with Gasteiger partial charge in [-0.05, 0) is 18.6 Å². The Morgan fingerprint density at radius 2 is 2.31 bits per heavy atom. The van der Waals surface area contributed by atoms with Crippen LogP contribution in [-0.2, 0) is 19.1 Å². The molecule has 2 aliphatic rings. The maximum absolute atomic E-state index is 12.1. The highest BCUT2D eigenvalue weighted by molar-refractivity contribution is 5.88. The van der Waals surface area contributed by atoms with Gasteiger partial charge in [-0.25, -0.2) is 14.3 Å². The molecule has 5 atom stereocenters. The van der Waals surface area contributed by atoms with Crippen LogP contribution in [0, 0.1) is 11.3 Å². The van der Waals surface area contributed by atoms with Gasteiger partial charge in [-0.15, -0.1) is 0 Å². The number of aliphatic hydroxyl groups excluding tert-OH is 2. The second kappa shape index (κ2) is 6.96. The number of nitrogen functional groups attached to an aromatic ring is 1. The molecule has 0 radical (unpaired) electrons. The van der Waals surface area contributed by atoms with Gasteiger partial charge in [0, 0.05) is 6.42 Å². The molecule has 12 nitrogen and oxygen atoms in total. The molecule has 5 N–H and O–H groups in total. The number of hydrogen-bond acceptors (Lipinski definition) is 10. The van der Waals surface area contributed by atoms with Crippen LogP contribution in [0.25, 0.3) is 5.52 Å². The van der Waals surface area contributed by atoms with Gasteiger partial charge < -0.3 is 30.7 Å². The van der Waals surface area contributed by atoms with Gasteiger partial charge in [0.2, 0.25) is 11.5 Å². The van der Waals surface area contributed by atoms with Gasteiger partial charge in [0.25, 0.3) is 0 Å². The molecule has 0 saturated carbocycles. The number of rotatable bonds is 4. The monoisotopic (exact) mass is 402 g/mol. The van der Waals surface area contributed by atoms with E-state index >= 15 is 0 Å². The third-order valence-corrected chi connectivity index (χ3v) is 5.15. The lowest BCUT2D eigenvalue weighted by atomic mass is 9.96. The molecular weight excluding hydrogens is 384 g/mol. The minimum atomic E-state index is -1.99.